The predicted octanol–water partition coefficient (Wildman–Crippen LogP) is 1.10. The minimum Gasteiger partial charge on any atom is -0.340 e. The number of nitrogens with zero attached hydrogens (tertiary/aromatic N) is 6. The number of hydrogen-bond donors (Lipinski definition) is 0. The van der Waals surface area contributed by atoms with Crippen LogP contribution in [-0.2, 0) is 22.7 Å². The molecule has 0 radical (unpaired) electrons. The van der Waals surface area contributed by atoms with Crippen LogP contribution < -0.4 is 0 Å². The summed E-state index contributed by atoms with van der Waals surface area (Å²) in [5.74, 6) is 0.195. The van der Waals surface area contributed by atoms with Gasteiger partial charge in [0, 0.05) is 38.3 Å². The first-order valence-electron chi connectivity index (χ1n) is 9.51. The number of carbonyl (C=O) groups excluding carboxylic acids is 2. The third kappa shape index (κ3) is 3.99. The van der Waals surface area contributed by atoms with Crippen molar-refractivity contribution in [3.05, 3.63) is 42.7 Å². The molecule has 2 aromatic heterocycles. The van der Waals surface area contributed by atoms with E-state index in [4.69, 9.17) is 0 Å². The molecule has 3 aliphatic heterocycles. The fourth-order valence-electron chi connectivity index (χ4n) is 4.02. The van der Waals surface area contributed by atoms with E-state index < -0.39 is 0 Å². The summed E-state index contributed by atoms with van der Waals surface area (Å²) in [7, 11) is 0. The Kier molecular flexibility index (Phi) is 5.13. The van der Waals surface area contributed by atoms with Gasteiger partial charge in [0.05, 0.1) is 18.2 Å². The fraction of sp³-hybridized carbons (Fsp3) is 0.526. The van der Waals surface area contributed by atoms with Crippen LogP contribution >= 0.6 is 0 Å². The smallest absolute Gasteiger partial charge is 0.228 e. The molecule has 2 unspecified atom stereocenters. The highest BCUT2D eigenvalue weighted by Gasteiger charge is 2.41. The normalized spacial score (nSPS) is 22.1. The lowest BCUT2D eigenvalue weighted by molar-refractivity contribution is -0.140. The number of amides is 2. The summed E-state index contributed by atoms with van der Waals surface area (Å²) in [4.78, 5) is 37.7. The average molecular weight is 368 g/mol. The first-order chi connectivity index (χ1) is 13.2. The van der Waals surface area contributed by atoms with E-state index in [1.807, 2.05) is 28.0 Å². The van der Waals surface area contributed by atoms with Gasteiger partial charge in [0.25, 0.3) is 0 Å². The van der Waals surface area contributed by atoms with E-state index in [2.05, 4.69) is 15.1 Å². The van der Waals surface area contributed by atoms with Crippen LogP contribution in [0, 0.1) is 5.92 Å². The van der Waals surface area contributed by atoms with Gasteiger partial charge in [-0.25, -0.2) is 4.98 Å². The fourth-order valence-corrected chi connectivity index (χ4v) is 4.02. The molecule has 3 fully saturated rings. The number of pyridine rings is 1. The van der Waals surface area contributed by atoms with Crippen molar-refractivity contribution in [2.24, 2.45) is 5.92 Å². The highest BCUT2D eigenvalue weighted by molar-refractivity contribution is 5.83. The molecule has 8 heteroatoms. The van der Waals surface area contributed by atoms with E-state index in [0.717, 1.165) is 25.0 Å². The van der Waals surface area contributed by atoms with Crippen LogP contribution in [0.15, 0.2) is 37.1 Å². The molecular weight excluding hydrogens is 344 g/mol. The molecule has 5 heterocycles. The van der Waals surface area contributed by atoms with Crippen molar-refractivity contribution in [2.45, 2.75) is 44.8 Å². The molecule has 3 saturated heterocycles. The Labute approximate surface area is 158 Å². The molecule has 8 nitrogen and oxygen atoms in total. The molecule has 0 saturated carbocycles. The van der Waals surface area contributed by atoms with E-state index in [1.54, 1.807) is 17.2 Å². The maximum absolute atomic E-state index is 12.9. The first-order valence-corrected chi connectivity index (χ1v) is 9.51. The molecule has 2 amide bonds. The van der Waals surface area contributed by atoms with Gasteiger partial charge >= 0.3 is 0 Å². The van der Waals surface area contributed by atoms with Gasteiger partial charge in [-0.1, -0.05) is 6.07 Å². The summed E-state index contributed by atoms with van der Waals surface area (Å²) < 4.78 is 1.73. The van der Waals surface area contributed by atoms with Crippen LogP contribution in [-0.4, -0.2) is 60.5 Å². The van der Waals surface area contributed by atoms with Crippen LogP contribution in [0.1, 0.15) is 31.4 Å². The minimum atomic E-state index is -0.0910. The molecular formula is C19H24N6O2. The van der Waals surface area contributed by atoms with Crippen molar-refractivity contribution in [3.63, 3.8) is 0 Å². The molecule has 2 bridgehead atoms. The van der Waals surface area contributed by atoms with E-state index in [0.29, 0.717) is 32.6 Å². The van der Waals surface area contributed by atoms with Gasteiger partial charge in [0.15, 0.2) is 0 Å². The Morgan fingerprint density at radius 3 is 2.93 bits per heavy atom. The number of aryl methyl sites for hydroxylation is 1. The van der Waals surface area contributed by atoms with Crippen LogP contribution in [0.5, 0.6) is 0 Å². The highest BCUT2D eigenvalue weighted by atomic mass is 16.2. The number of rotatable bonds is 6. The summed E-state index contributed by atoms with van der Waals surface area (Å²) in [5.41, 5.74) is 0.893. The second-order valence-electron chi connectivity index (χ2n) is 7.28. The lowest BCUT2D eigenvalue weighted by Gasteiger charge is -2.35. The summed E-state index contributed by atoms with van der Waals surface area (Å²) in [5, 5.41) is 4.06. The van der Waals surface area contributed by atoms with Crippen LogP contribution in [0.2, 0.25) is 0 Å². The second kappa shape index (κ2) is 7.85. The predicted molar refractivity (Wildman–Crippen MR) is 97.1 cm³/mol. The van der Waals surface area contributed by atoms with Gasteiger partial charge in [0.1, 0.15) is 12.7 Å². The summed E-state index contributed by atoms with van der Waals surface area (Å²) in [6, 6.07) is 5.84. The molecule has 2 aromatic rings. The quantitative estimate of drug-likeness (QED) is 0.762. The van der Waals surface area contributed by atoms with E-state index in [1.165, 1.54) is 6.33 Å². The van der Waals surface area contributed by atoms with Crippen molar-refractivity contribution >= 4 is 11.8 Å². The van der Waals surface area contributed by atoms with Crippen LogP contribution in [0.3, 0.4) is 0 Å². The van der Waals surface area contributed by atoms with Crippen LogP contribution in [0.4, 0.5) is 0 Å². The Hall–Kier alpha value is -2.77. The molecule has 0 spiro atoms. The summed E-state index contributed by atoms with van der Waals surface area (Å²) in [6.07, 6.45) is 7.91. The lowest BCUT2D eigenvalue weighted by atomic mass is 9.94. The van der Waals surface area contributed by atoms with Gasteiger partial charge in [0.2, 0.25) is 11.8 Å². The Morgan fingerprint density at radius 1 is 1.22 bits per heavy atom. The zero-order chi connectivity index (χ0) is 18.6. The summed E-state index contributed by atoms with van der Waals surface area (Å²) >= 11 is 0. The molecule has 3 aliphatic rings. The van der Waals surface area contributed by atoms with E-state index >= 15 is 0 Å². The van der Waals surface area contributed by atoms with Crippen molar-refractivity contribution in [3.8, 4) is 0 Å². The van der Waals surface area contributed by atoms with E-state index in [9.17, 15) is 9.59 Å². The molecule has 142 valence electrons. The second-order valence-corrected chi connectivity index (χ2v) is 7.28. The van der Waals surface area contributed by atoms with Gasteiger partial charge in [-0.2, -0.15) is 5.10 Å². The van der Waals surface area contributed by atoms with Crippen molar-refractivity contribution in [2.75, 3.05) is 13.1 Å². The molecule has 0 aliphatic carbocycles. The van der Waals surface area contributed by atoms with Crippen molar-refractivity contribution < 1.29 is 9.59 Å². The van der Waals surface area contributed by atoms with Gasteiger partial charge in [-0.15, -0.1) is 0 Å². The number of hydrogen-bond acceptors (Lipinski definition) is 5. The van der Waals surface area contributed by atoms with E-state index in [-0.39, 0.29) is 23.8 Å². The maximum Gasteiger partial charge on any atom is 0.228 e. The zero-order valence-electron chi connectivity index (χ0n) is 15.3. The molecule has 5 rings (SSSR count). The SMILES string of the molecule is O=C(CCCn1cncn1)N1CC2CCC(C1)N(Cc1ccccn1)C2=O. The van der Waals surface area contributed by atoms with Crippen molar-refractivity contribution in [1.29, 1.82) is 0 Å². The average Bonchev–Trinajstić information content (AvgIpc) is 3.05. The third-order valence-corrected chi connectivity index (χ3v) is 5.45. The van der Waals surface area contributed by atoms with Crippen LogP contribution in [0.25, 0.3) is 0 Å². The topological polar surface area (TPSA) is 84.2 Å². The highest BCUT2D eigenvalue weighted by Crippen LogP contribution is 2.30. The maximum atomic E-state index is 12.9. The van der Waals surface area contributed by atoms with Gasteiger partial charge in [-0.05, 0) is 31.4 Å². The molecule has 27 heavy (non-hydrogen) atoms. The Morgan fingerprint density at radius 2 is 2.15 bits per heavy atom. The van der Waals surface area contributed by atoms with Gasteiger partial charge in [-0.3, -0.25) is 19.3 Å². The molecule has 2 atom stereocenters. The number of fused-ring (bicyclic) bond motifs is 4. The first kappa shape index (κ1) is 17.6. The zero-order valence-corrected chi connectivity index (χ0v) is 15.3. The largest absolute Gasteiger partial charge is 0.340 e. The monoisotopic (exact) mass is 368 g/mol. The Balaban J connectivity index is 1.38. The molecule has 0 aromatic carbocycles. The minimum absolute atomic E-state index is 0.0810. The van der Waals surface area contributed by atoms with Gasteiger partial charge < -0.3 is 9.80 Å². The standard InChI is InChI=1S/C19H24N6O2/c26-18(5-3-9-24-14-20-13-22-24)23-10-15-6-7-17(12-23)25(19(15)27)11-16-4-1-2-8-21-16/h1-2,4,8,13-15,17H,3,5-7,9-12H2. The lowest BCUT2D eigenvalue weighted by Crippen LogP contribution is -2.47. The number of carbonyl (C=O) groups is 2. The van der Waals surface area contributed by atoms with Crippen molar-refractivity contribution in [1.82, 2.24) is 29.5 Å². The summed E-state index contributed by atoms with van der Waals surface area (Å²) in [6.45, 7) is 2.36. The number of aromatic nitrogens is 4. The Bertz CT molecular complexity index is 779. The third-order valence-electron chi connectivity index (χ3n) is 5.45. The molecule has 0 N–H and O–H groups in total. The number of piperidine rings is 1.